The van der Waals surface area contributed by atoms with E-state index in [-0.39, 0.29) is 11.0 Å². The number of anilines is 1. The molecular weight excluding hydrogens is 346 g/mol. The third-order valence-electron chi connectivity index (χ3n) is 3.70. The molecule has 2 heterocycles. The van der Waals surface area contributed by atoms with Crippen LogP contribution in [0.1, 0.15) is 17.3 Å². The number of aromatic nitrogens is 2. The fourth-order valence-corrected chi connectivity index (χ4v) is 4.44. The Hall–Kier alpha value is -1.64. The summed E-state index contributed by atoms with van der Waals surface area (Å²) in [6.45, 7) is 5.00. The highest BCUT2D eigenvalue weighted by Gasteiger charge is 2.21. The smallest absolute Gasteiger partial charge is 0.209 e. The van der Waals surface area contributed by atoms with Gasteiger partial charge in [-0.25, -0.2) is 0 Å². The van der Waals surface area contributed by atoms with Gasteiger partial charge < -0.3 is 14.4 Å². The second kappa shape index (κ2) is 7.96. The van der Waals surface area contributed by atoms with E-state index in [2.05, 4.69) is 15.1 Å². The van der Waals surface area contributed by atoms with Gasteiger partial charge in [-0.05, 0) is 31.2 Å². The van der Waals surface area contributed by atoms with Crippen LogP contribution in [0.25, 0.3) is 0 Å². The van der Waals surface area contributed by atoms with Crippen molar-refractivity contribution in [1.29, 1.82) is 0 Å². The Morgan fingerprint density at radius 3 is 2.67 bits per heavy atom. The molecule has 1 aromatic carbocycles. The zero-order chi connectivity index (χ0) is 16.9. The molecule has 1 unspecified atom stereocenters. The predicted molar refractivity (Wildman–Crippen MR) is 95.6 cm³/mol. The van der Waals surface area contributed by atoms with Crippen LogP contribution in [-0.4, -0.2) is 54.6 Å². The average Bonchev–Trinajstić information content (AvgIpc) is 3.10. The molecule has 0 radical (unpaired) electrons. The summed E-state index contributed by atoms with van der Waals surface area (Å²) >= 11 is 2.97. The van der Waals surface area contributed by atoms with E-state index in [0.717, 1.165) is 28.3 Å². The van der Waals surface area contributed by atoms with Gasteiger partial charge in [0.2, 0.25) is 5.13 Å². The lowest BCUT2D eigenvalue weighted by molar-refractivity contribution is 0.0994. The number of methoxy groups -OCH3 is 1. The molecule has 3 rings (SSSR count). The summed E-state index contributed by atoms with van der Waals surface area (Å²) in [5.74, 6) is 0.817. The minimum atomic E-state index is -0.219. The number of thioether (sulfide) groups is 1. The van der Waals surface area contributed by atoms with Crippen LogP contribution in [-0.2, 0) is 4.74 Å². The third-order valence-corrected chi connectivity index (χ3v) is 5.87. The summed E-state index contributed by atoms with van der Waals surface area (Å²) in [4.78, 5) is 14.7. The molecule has 128 valence electrons. The zero-order valence-electron chi connectivity index (χ0n) is 13.6. The number of hydrogen-bond donors (Lipinski definition) is 0. The molecule has 8 heteroatoms. The van der Waals surface area contributed by atoms with E-state index < -0.39 is 0 Å². The maximum atomic E-state index is 12.5. The zero-order valence-corrected chi connectivity index (χ0v) is 15.2. The van der Waals surface area contributed by atoms with Gasteiger partial charge in [0.25, 0.3) is 0 Å². The van der Waals surface area contributed by atoms with E-state index in [1.807, 2.05) is 6.92 Å². The van der Waals surface area contributed by atoms with Gasteiger partial charge in [0.1, 0.15) is 5.75 Å². The maximum Gasteiger partial charge on any atom is 0.209 e. The fraction of sp³-hybridized carbons (Fsp3) is 0.438. The molecule has 1 fully saturated rings. The van der Waals surface area contributed by atoms with Crippen LogP contribution in [0.3, 0.4) is 0 Å². The molecule has 1 aliphatic heterocycles. The summed E-state index contributed by atoms with van der Waals surface area (Å²) in [5, 5.41) is 9.12. The molecule has 6 nitrogen and oxygen atoms in total. The van der Waals surface area contributed by atoms with Gasteiger partial charge in [0.15, 0.2) is 10.1 Å². The van der Waals surface area contributed by atoms with Crippen LogP contribution in [0.5, 0.6) is 5.75 Å². The summed E-state index contributed by atoms with van der Waals surface area (Å²) in [5.41, 5.74) is 0.675. The Morgan fingerprint density at radius 2 is 2.00 bits per heavy atom. The Kier molecular flexibility index (Phi) is 5.70. The molecule has 0 amide bonds. The quantitative estimate of drug-likeness (QED) is 0.576. The van der Waals surface area contributed by atoms with Crippen molar-refractivity contribution in [3.05, 3.63) is 29.8 Å². The number of ether oxygens (including phenoxy) is 2. The first-order valence-electron chi connectivity index (χ1n) is 7.68. The highest BCUT2D eigenvalue weighted by Crippen LogP contribution is 2.32. The number of carbonyl (C=O) groups excluding carboxylic acids is 1. The topological polar surface area (TPSA) is 64.5 Å². The molecule has 1 aliphatic rings. The van der Waals surface area contributed by atoms with E-state index in [4.69, 9.17) is 9.47 Å². The third kappa shape index (κ3) is 4.06. The van der Waals surface area contributed by atoms with Gasteiger partial charge in [0.05, 0.1) is 25.6 Å². The molecule has 24 heavy (non-hydrogen) atoms. The Labute approximate surface area is 149 Å². The second-order valence-electron chi connectivity index (χ2n) is 5.30. The Balaban J connectivity index is 1.62. The minimum Gasteiger partial charge on any atom is -0.497 e. The number of nitrogens with zero attached hydrogens (tertiary/aromatic N) is 3. The molecule has 0 N–H and O–H groups in total. The second-order valence-corrected chi connectivity index (χ2v) is 7.85. The summed E-state index contributed by atoms with van der Waals surface area (Å²) < 4.78 is 11.3. The van der Waals surface area contributed by atoms with Gasteiger partial charge in [-0.1, -0.05) is 23.1 Å². The molecule has 0 saturated carbocycles. The van der Waals surface area contributed by atoms with Crippen LogP contribution < -0.4 is 9.64 Å². The molecule has 0 aliphatic carbocycles. The van der Waals surface area contributed by atoms with E-state index in [0.29, 0.717) is 18.8 Å². The number of carbonyl (C=O) groups is 1. The molecule has 0 spiro atoms. The van der Waals surface area contributed by atoms with Crippen molar-refractivity contribution in [1.82, 2.24) is 10.2 Å². The normalized spacial score (nSPS) is 16.0. The first-order chi connectivity index (χ1) is 11.7. The number of hydrogen-bond acceptors (Lipinski definition) is 8. The highest BCUT2D eigenvalue weighted by molar-refractivity contribution is 8.02. The number of benzene rings is 1. The van der Waals surface area contributed by atoms with Crippen molar-refractivity contribution in [2.45, 2.75) is 16.5 Å². The SMILES string of the molecule is COc1ccc(C(=O)C(C)Sc2nnc(N3CCOCC3)s2)cc1. The van der Waals surface area contributed by atoms with Crippen LogP contribution >= 0.6 is 23.1 Å². The average molecular weight is 365 g/mol. The number of rotatable bonds is 6. The van der Waals surface area contributed by atoms with Crippen molar-refractivity contribution in [2.24, 2.45) is 0 Å². The van der Waals surface area contributed by atoms with Gasteiger partial charge >= 0.3 is 0 Å². The number of morpholine rings is 1. The van der Waals surface area contributed by atoms with E-state index >= 15 is 0 Å². The van der Waals surface area contributed by atoms with Crippen LogP contribution in [0.15, 0.2) is 28.6 Å². The van der Waals surface area contributed by atoms with Gasteiger partial charge in [-0.3, -0.25) is 4.79 Å². The van der Waals surface area contributed by atoms with Crippen molar-refractivity contribution in [3.63, 3.8) is 0 Å². The molecule has 1 aromatic heterocycles. The predicted octanol–water partition coefficient (Wildman–Crippen LogP) is 2.75. The fourth-order valence-electron chi connectivity index (χ4n) is 2.33. The molecular formula is C16H19N3O3S2. The standard InChI is InChI=1S/C16H19N3O3S2/c1-11(14(20)12-3-5-13(21-2)6-4-12)23-16-18-17-15(24-16)19-7-9-22-10-8-19/h3-6,11H,7-10H2,1-2H3. The van der Waals surface area contributed by atoms with Crippen LogP contribution in [0, 0.1) is 0 Å². The van der Waals surface area contributed by atoms with Crippen molar-refractivity contribution < 1.29 is 14.3 Å². The van der Waals surface area contributed by atoms with Crippen LogP contribution in [0.4, 0.5) is 5.13 Å². The van der Waals surface area contributed by atoms with Gasteiger partial charge in [0, 0.05) is 18.7 Å². The first-order valence-corrected chi connectivity index (χ1v) is 9.38. The lowest BCUT2D eigenvalue weighted by Crippen LogP contribution is -2.36. The molecule has 0 bridgehead atoms. The monoisotopic (exact) mass is 365 g/mol. The lowest BCUT2D eigenvalue weighted by atomic mass is 10.1. The lowest BCUT2D eigenvalue weighted by Gasteiger charge is -2.25. The number of Topliss-reactive ketones (excluding diaryl/α,β-unsaturated/α-hetero) is 1. The minimum absolute atomic E-state index is 0.0748. The van der Waals surface area contributed by atoms with Crippen molar-refractivity contribution in [3.8, 4) is 5.75 Å². The van der Waals surface area contributed by atoms with Crippen molar-refractivity contribution >= 4 is 34.0 Å². The van der Waals surface area contributed by atoms with Crippen LogP contribution in [0.2, 0.25) is 0 Å². The maximum absolute atomic E-state index is 12.5. The first kappa shape index (κ1) is 17.2. The van der Waals surface area contributed by atoms with E-state index in [1.165, 1.54) is 23.1 Å². The Bertz CT molecular complexity index is 684. The van der Waals surface area contributed by atoms with Gasteiger partial charge in [-0.2, -0.15) is 0 Å². The number of ketones is 1. The summed E-state index contributed by atoms with van der Waals surface area (Å²) in [6, 6.07) is 7.17. The summed E-state index contributed by atoms with van der Waals surface area (Å²) in [6.07, 6.45) is 0. The molecule has 2 aromatic rings. The highest BCUT2D eigenvalue weighted by atomic mass is 32.2. The van der Waals surface area contributed by atoms with Crippen molar-refractivity contribution in [2.75, 3.05) is 38.3 Å². The van der Waals surface area contributed by atoms with E-state index in [9.17, 15) is 4.79 Å². The van der Waals surface area contributed by atoms with E-state index in [1.54, 1.807) is 31.4 Å². The molecule has 1 atom stereocenters. The summed E-state index contributed by atoms with van der Waals surface area (Å²) in [7, 11) is 1.61. The molecule has 1 saturated heterocycles. The van der Waals surface area contributed by atoms with Gasteiger partial charge in [-0.15, -0.1) is 10.2 Å². The Morgan fingerprint density at radius 1 is 1.29 bits per heavy atom. The largest absolute Gasteiger partial charge is 0.497 e.